The van der Waals surface area contributed by atoms with Gasteiger partial charge in [-0.1, -0.05) is 11.8 Å². The minimum absolute atomic E-state index is 0.108. The van der Waals surface area contributed by atoms with E-state index in [1.165, 1.54) is 12.1 Å². The van der Waals surface area contributed by atoms with Gasteiger partial charge in [-0.25, -0.2) is 4.39 Å². The highest BCUT2D eigenvalue weighted by molar-refractivity contribution is 5.39. The lowest BCUT2D eigenvalue weighted by Gasteiger charge is -2.09. The lowest BCUT2D eigenvalue weighted by Crippen LogP contribution is -2.19. The summed E-state index contributed by atoms with van der Waals surface area (Å²) in [5.74, 6) is 4.65. The maximum absolute atomic E-state index is 13.5. The number of nitrogens with two attached hydrogens (primary N) is 1. The molecule has 0 atom stereocenters. The van der Waals surface area contributed by atoms with E-state index >= 15 is 0 Å². The molecule has 0 saturated heterocycles. The van der Waals surface area contributed by atoms with Crippen molar-refractivity contribution in [1.82, 2.24) is 0 Å². The maximum Gasteiger partial charge on any atom is 0.411 e. The molecule has 7 heteroatoms. The summed E-state index contributed by atoms with van der Waals surface area (Å²) in [4.78, 5) is 0. The summed E-state index contributed by atoms with van der Waals surface area (Å²) in [6.07, 6.45) is -4.37. The van der Waals surface area contributed by atoms with Crippen molar-refractivity contribution in [1.29, 1.82) is 0 Å². The fourth-order valence-corrected chi connectivity index (χ4v) is 1.24. The Bertz CT molecular complexity index is 491. The van der Waals surface area contributed by atoms with Gasteiger partial charge in [0.15, 0.2) is 0 Å². The topological polar surface area (TPSA) is 44.5 Å². The largest absolute Gasteiger partial charge is 0.491 e. The molecule has 0 aromatic heterocycles. The SMILES string of the molecule is NCC#Cc1ccc(OCCOCC(F)(F)F)cc1F. The third-order valence-corrected chi connectivity index (χ3v) is 2.03. The van der Waals surface area contributed by atoms with Gasteiger partial charge in [0.05, 0.1) is 18.7 Å². The van der Waals surface area contributed by atoms with Gasteiger partial charge in [0.25, 0.3) is 0 Å². The summed E-state index contributed by atoms with van der Waals surface area (Å²) in [6, 6.07) is 3.97. The summed E-state index contributed by atoms with van der Waals surface area (Å²) in [6.45, 7) is -1.56. The van der Waals surface area contributed by atoms with Crippen LogP contribution in [0.15, 0.2) is 18.2 Å². The Balaban J connectivity index is 2.40. The number of rotatable bonds is 5. The molecule has 0 saturated carbocycles. The fraction of sp³-hybridized carbons (Fsp3) is 0.385. The molecule has 0 amide bonds. The van der Waals surface area contributed by atoms with Crippen LogP contribution in [0.5, 0.6) is 5.75 Å². The van der Waals surface area contributed by atoms with E-state index in [1.807, 2.05) is 0 Å². The molecule has 0 bridgehead atoms. The van der Waals surface area contributed by atoms with Gasteiger partial charge >= 0.3 is 6.18 Å². The molecule has 0 spiro atoms. The van der Waals surface area contributed by atoms with Gasteiger partial charge in [-0.2, -0.15) is 13.2 Å². The van der Waals surface area contributed by atoms with Crippen LogP contribution in [0.3, 0.4) is 0 Å². The molecule has 110 valence electrons. The molecule has 2 N–H and O–H groups in total. The van der Waals surface area contributed by atoms with Crippen molar-refractivity contribution in [3.05, 3.63) is 29.6 Å². The summed E-state index contributed by atoms with van der Waals surface area (Å²) in [7, 11) is 0. The van der Waals surface area contributed by atoms with E-state index in [0.717, 1.165) is 6.07 Å². The third-order valence-electron chi connectivity index (χ3n) is 2.03. The number of halogens is 4. The van der Waals surface area contributed by atoms with Crippen LogP contribution < -0.4 is 10.5 Å². The van der Waals surface area contributed by atoms with E-state index < -0.39 is 18.6 Å². The Hall–Kier alpha value is -1.78. The molecular weight excluding hydrogens is 278 g/mol. The van der Waals surface area contributed by atoms with Crippen molar-refractivity contribution in [2.24, 2.45) is 5.73 Å². The molecule has 20 heavy (non-hydrogen) atoms. The van der Waals surface area contributed by atoms with Crippen LogP contribution in [0.2, 0.25) is 0 Å². The van der Waals surface area contributed by atoms with E-state index in [2.05, 4.69) is 16.6 Å². The fourth-order valence-electron chi connectivity index (χ4n) is 1.24. The number of alkyl halides is 3. The van der Waals surface area contributed by atoms with E-state index in [-0.39, 0.29) is 31.1 Å². The summed E-state index contributed by atoms with van der Waals surface area (Å²) in [5, 5.41) is 0. The number of hydrogen-bond acceptors (Lipinski definition) is 3. The molecule has 0 radical (unpaired) electrons. The van der Waals surface area contributed by atoms with Crippen molar-refractivity contribution in [3.63, 3.8) is 0 Å². The van der Waals surface area contributed by atoms with Gasteiger partial charge in [-0.05, 0) is 12.1 Å². The smallest absolute Gasteiger partial charge is 0.411 e. The van der Waals surface area contributed by atoms with Crippen LogP contribution in [0, 0.1) is 17.7 Å². The van der Waals surface area contributed by atoms with E-state index in [4.69, 9.17) is 10.5 Å². The third kappa shape index (κ3) is 6.41. The quantitative estimate of drug-likeness (QED) is 0.513. The van der Waals surface area contributed by atoms with Gasteiger partial charge in [0.2, 0.25) is 0 Å². The first-order chi connectivity index (χ1) is 9.42. The summed E-state index contributed by atoms with van der Waals surface area (Å²) >= 11 is 0. The van der Waals surface area contributed by atoms with Gasteiger partial charge < -0.3 is 15.2 Å². The molecule has 0 heterocycles. The van der Waals surface area contributed by atoms with Crippen molar-refractivity contribution >= 4 is 0 Å². The Morgan fingerprint density at radius 2 is 1.95 bits per heavy atom. The second-order valence-corrected chi connectivity index (χ2v) is 3.66. The first-order valence-corrected chi connectivity index (χ1v) is 5.68. The summed E-state index contributed by atoms with van der Waals surface area (Å²) in [5.41, 5.74) is 5.34. The molecule has 1 aromatic rings. The Kier molecular flexibility index (Phi) is 6.28. The lowest BCUT2D eigenvalue weighted by atomic mass is 10.2. The molecule has 0 aliphatic carbocycles. The number of hydrogen-bond donors (Lipinski definition) is 1. The highest BCUT2D eigenvalue weighted by atomic mass is 19.4. The Labute approximate surface area is 113 Å². The first kappa shape index (κ1) is 16.3. The zero-order chi connectivity index (χ0) is 15.0. The van der Waals surface area contributed by atoms with E-state index in [0.29, 0.717) is 0 Å². The minimum atomic E-state index is -4.37. The van der Waals surface area contributed by atoms with Gasteiger partial charge in [0.1, 0.15) is 24.8 Å². The van der Waals surface area contributed by atoms with Crippen LogP contribution in [0.1, 0.15) is 5.56 Å². The van der Waals surface area contributed by atoms with Gasteiger partial charge in [-0.3, -0.25) is 0 Å². The molecule has 1 aromatic carbocycles. The molecule has 0 fully saturated rings. The highest BCUT2D eigenvalue weighted by Crippen LogP contribution is 2.16. The average molecular weight is 291 g/mol. The maximum atomic E-state index is 13.5. The van der Waals surface area contributed by atoms with Crippen molar-refractivity contribution < 1.29 is 27.0 Å². The predicted molar refractivity (Wildman–Crippen MR) is 64.7 cm³/mol. The van der Waals surface area contributed by atoms with Crippen molar-refractivity contribution in [2.45, 2.75) is 6.18 Å². The standard InChI is InChI=1S/C13H13F4NO2/c14-12-8-11(4-3-10(12)2-1-5-18)20-7-6-19-9-13(15,16)17/h3-4,8H,5-7,9,18H2. The van der Waals surface area contributed by atoms with Crippen LogP contribution >= 0.6 is 0 Å². The zero-order valence-electron chi connectivity index (χ0n) is 10.5. The second-order valence-electron chi connectivity index (χ2n) is 3.66. The van der Waals surface area contributed by atoms with Crippen molar-refractivity contribution in [2.75, 3.05) is 26.4 Å². The van der Waals surface area contributed by atoms with Gasteiger partial charge in [0, 0.05) is 6.07 Å². The summed E-state index contributed by atoms with van der Waals surface area (Å²) < 4.78 is 58.2. The molecule has 0 aliphatic heterocycles. The molecular formula is C13H13F4NO2. The van der Waals surface area contributed by atoms with E-state index in [1.54, 1.807) is 0 Å². The lowest BCUT2D eigenvalue weighted by molar-refractivity contribution is -0.175. The van der Waals surface area contributed by atoms with Crippen LogP contribution in [0.4, 0.5) is 17.6 Å². The second kappa shape index (κ2) is 7.72. The average Bonchev–Trinajstić information content (AvgIpc) is 2.36. The van der Waals surface area contributed by atoms with Crippen LogP contribution in [-0.2, 0) is 4.74 Å². The minimum Gasteiger partial charge on any atom is -0.491 e. The van der Waals surface area contributed by atoms with E-state index in [9.17, 15) is 17.6 Å². The van der Waals surface area contributed by atoms with Crippen molar-refractivity contribution in [3.8, 4) is 17.6 Å². The molecule has 1 rings (SSSR count). The zero-order valence-corrected chi connectivity index (χ0v) is 10.5. The Morgan fingerprint density at radius 3 is 2.55 bits per heavy atom. The number of benzene rings is 1. The monoisotopic (exact) mass is 291 g/mol. The number of ether oxygens (including phenoxy) is 2. The van der Waals surface area contributed by atoms with Gasteiger partial charge in [-0.15, -0.1) is 0 Å². The molecule has 0 unspecified atom stereocenters. The first-order valence-electron chi connectivity index (χ1n) is 5.68. The predicted octanol–water partition coefficient (Wildman–Crippen LogP) is 2.09. The highest BCUT2D eigenvalue weighted by Gasteiger charge is 2.27. The molecule has 3 nitrogen and oxygen atoms in total. The van der Waals surface area contributed by atoms with Crippen LogP contribution in [0.25, 0.3) is 0 Å². The Morgan fingerprint density at radius 1 is 1.20 bits per heavy atom. The van der Waals surface area contributed by atoms with Crippen LogP contribution in [-0.4, -0.2) is 32.5 Å². The molecule has 0 aliphatic rings. The normalized spacial score (nSPS) is 10.8.